The van der Waals surface area contributed by atoms with Gasteiger partial charge in [-0.3, -0.25) is 0 Å². The van der Waals surface area contributed by atoms with E-state index in [1.54, 1.807) is 0 Å². The van der Waals surface area contributed by atoms with Crippen molar-refractivity contribution in [1.29, 1.82) is 0 Å². The summed E-state index contributed by atoms with van der Waals surface area (Å²) in [6, 6.07) is 0. The van der Waals surface area contributed by atoms with Crippen molar-refractivity contribution in [2.75, 3.05) is 21.3 Å². The Morgan fingerprint density at radius 3 is 1.88 bits per heavy atom. The Kier molecular flexibility index (Phi) is 8.96. The molecular weight excluding hydrogens is 336 g/mol. The number of rotatable bonds is 11. The maximum Gasteiger partial charge on any atom is 0.341 e. The molecule has 0 aromatic heterocycles. The van der Waals surface area contributed by atoms with Crippen molar-refractivity contribution in [3.05, 3.63) is 22.3 Å². The second-order valence-electron chi connectivity index (χ2n) is 6.13. The molecule has 0 aliphatic rings. The van der Waals surface area contributed by atoms with Gasteiger partial charge in [0.1, 0.15) is 22.6 Å². The van der Waals surface area contributed by atoms with Crippen LogP contribution >= 0.6 is 0 Å². The van der Waals surface area contributed by atoms with E-state index in [-0.39, 0.29) is 16.9 Å². The largest absolute Gasteiger partial charge is 0.495 e. The van der Waals surface area contributed by atoms with Crippen LogP contribution in [-0.4, -0.2) is 38.4 Å². The Bertz CT molecular complexity index is 636. The molecule has 1 aromatic carbocycles. The van der Waals surface area contributed by atoms with E-state index >= 15 is 0 Å². The Labute approximate surface area is 155 Å². The first-order chi connectivity index (χ1) is 12.5. The number of carboxylic acids is 1. The van der Waals surface area contributed by atoms with Gasteiger partial charge in [0.25, 0.3) is 0 Å². The number of hydrogen-bond acceptors (Lipinski definition) is 5. The monoisotopic (exact) mass is 366 g/mol. The predicted molar refractivity (Wildman–Crippen MR) is 99.7 cm³/mol. The average Bonchev–Trinajstić information content (AvgIpc) is 2.63. The zero-order valence-electron chi connectivity index (χ0n) is 16.4. The minimum Gasteiger partial charge on any atom is -0.495 e. The number of esters is 1. The lowest BCUT2D eigenvalue weighted by molar-refractivity contribution is 0.0595. The zero-order chi connectivity index (χ0) is 19.7. The number of benzene rings is 1. The summed E-state index contributed by atoms with van der Waals surface area (Å²) in [6.07, 6.45) is 5.71. The van der Waals surface area contributed by atoms with E-state index in [1.807, 2.05) is 6.92 Å². The second-order valence-corrected chi connectivity index (χ2v) is 6.13. The third-order valence-corrected chi connectivity index (χ3v) is 4.40. The van der Waals surface area contributed by atoms with Crippen LogP contribution in [0.15, 0.2) is 0 Å². The van der Waals surface area contributed by atoms with Crippen molar-refractivity contribution >= 4 is 11.9 Å². The minimum absolute atomic E-state index is 0.0287. The number of aromatic carboxylic acids is 1. The van der Waals surface area contributed by atoms with Crippen LogP contribution in [0.3, 0.4) is 0 Å². The topological polar surface area (TPSA) is 82.1 Å². The first kappa shape index (κ1) is 21.8. The van der Waals surface area contributed by atoms with Gasteiger partial charge in [-0.15, -0.1) is 0 Å². The molecule has 1 N–H and O–H groups in total. The van der Waals surface area contributed by atoms with Crippen molar-refractivity contribution in [1.82, 2.24) is 0 Å². The van der Waals surface area contributed by atoms with Crippen molar-refractivity contribution in [3.63, 3.8) is 0 Å². The third-order valence-electron chi connectivity index (χ3n) is 4.40. The molecule has 0 saturated carbocycles. The van der Waals surface area contributed by atoms with Crippen molar-refractivity contribution in [3.8, 4) is 11.5 Å². The van der Waals surface area contributed by atoms with Crippen LogP contribution in [0.2, 0.25) is 0 Å². The van der Waals surface area contributed by atoms with Gasteiger partial charge in [0.15, 0.2) is 0 Å². The molecule has 0 heterocycles. The molecule has 0 aliphatic heterocycles. The fourth-order valence-electron chi connectivity index (χ4n) is 3.25. The van der Waals surface area contributed by atoms with E-state index in [2.05, 4.69) is 6.92 Å². The molecule has 0 fully saturated rings. The highest BCUT2D eigenvalue weighted by atomic mass is 16.5. The molecule has 146 valence electrons. The molecule has 0 spiro atoms. The number of hydrogen-bond donors (Lipinski definition) is 1. The number of unbranched alkanes of at least 4 members (excludes halogenated alkanes) is 3. The van der Waals surface area contributed by atoms with Crippen LogP contribution in [0.5, 0.6) is 11.5 Å². The first-order valence-electron chi connectivity index (χ1n) is 9.09. The van der Waals surface area contributed by atoms with E-state index in [1.165, 1.54) is 21.3 Å². The average molecular weight is 366 g/mol. The summed E-state index contributed by atoms with van der Waals surface area (Å²) in [7, 11) is 4.21. The number of carbonyl (C=O) groups is 2. The van der Waals surface area contributed by atoms with Crippen LogP contribution in [0.4, 0.5) is 0 Å². The molecule has 0 aliphatic carbocycles. The molecule has 0 bridgehead atoms. The van der Waals surface area contributed by atoms with Gasteiger partial charge in [0, 0.05) is 5.56 Å². The molecule has 0 amide bonds. The zero-order valence-corrected chi connectivity index (χ0v) is 16.4. The molecular formula is C20H30O6. The lowest BCUT2D eigenvalue weighted by Crippen LogP contribution is -2.17. The summed E-state index contributed by atoms with van der Waals surface area (Å²) in [6.45, 7) is 4.04. The van der Waals surface area contributed by atoms with E-state index < -0.39 is 11.9 Å². The Morgan fingerprint density at radius 2 is 1.42 bits per heavy atom. The summed E-state index contributed by atoms with van der Waals surface area (Å²) in [4.78, 5) is 24.5. The van der Waals surface area contributed by atoms with E-state index in [4.69, 9.17) is 14.2 Å². The molecule has 26 heavy (non-hydrogen) atoms. The van der Waals surface area contributed by atoms with Gasteiger partial charge in [-0.1, -0.05) is 39.5 Å². The SMILES string of the molecule is CCCCCCc1c(OC)c(C(=O)O)c(CCC)c(C(=O)OC)c1OC. The highest BCUT2D eigenvalue weighted by Crippen LogP contribution is 2.41. The van der Waals surface area contributed by atoms with Gasteiger partial charge in [0.05, 0.1) is 21.3 Å². The fraction of sp³-hybridized carbons (Fsp3) is 0.600. The molecule has 1 rings (SSSR count). The number of carbonyl (C=O) groups excluding carboxylic acids is 1. The first-order valence-corrected chi connectivity index (χ1v) is 9.09. The maximum atomic E-state index is 12.5. The smallest absolute Gasteiger partial charge is 0.341 e. The Morgan fingerprint density at radius 1 is 0.808 bits per heavy atom. The van der Waals surface area contributed by atoms with E-state index in [9.17, 15) is 14.7 Å². The molecule has 0 atom stereocenters. The van der Waals surface area contributed by atoms with Crippen molar-refractivity contribution in [2.45, 2.75) is 58.8 Å². The molecule has 6 nitrogen and oxygen atoms in total. The second kappa shape index (κ2) is 10.7. The third kappa shape index (κ3) is 4.68. The number of ether oxygens (including phenoxy) is 3. The fourth-order valence-corrected chi connectivity index (χ4v) is 3.25. The number of methoxy groups -OCH3 is 3. The van der Waals surface area contributed by atoms with Crippen LogP contribution in [-0.2, 0) is 17.6 Å². The highest BCUT2D eigenvalue weighted by Gasteiger charge is 2.31. The Balaban J connectivity index is 3.72. The van der Waals surface area contributed by atoms with E-state index in [0.29, 0.717) is 36.1 Å². The highest BCUT2D eigenvalue weighted by molar-refractivity contribution is 6.02. The van der Waals surface area contributed by atoms with Crippen LogP contribution < -0.4 is 9.47 Å². The van der Waals surface area contributed by atoms with Crippen LogP contribution in [0.1, 0.15) is 77.8 Å². The quantitative estimate of drug-likeness (QED) is 0.465. The predicted octanol–water partition coefficient (Wildman–Crippen LogP) is 4.26. The minimum atomic E-state index is -1.12. The van der Waals surface area contributed by atoms with Crippen LogP contribution in [0.25, 0.3) is 0 Å². The Hall–Kier alpha value is -2.24. The maximum absolute atomic E-state index is 12.5. The normalized spacial score (nSPS) is 10.5. The van der Waals surface area contributed by atoms with Gasteiger partial charge in [-0.05, 0) is 24.8 Å². The van der Waals surface area contributed by atoms with Gasteiger partial charge in [-0.25, -0.2) is 9.59 Å². The van der Waals surface area contributed by atoms with Gasteiger partial charge < -0.3 is 19.3 Å². The summed E-state index contributed by atoms with van der Waals surface area (Å²) in [5, 5.41) is 9.81. The van der Waals surface area contributed by atoms with Crippen molar-refractivity contribution < 1.29 is 28.9 Å². The summed E-state index contributed by atoms with van der Waals surface area (Å²) < 4.78 is 15.9. The summed E-state index contributed by atoms with van der Waals surface area (Å²) >= 11 is 0. The summed E-state index contributed by atoms with van der Waals surface area (Å²) in [5.41, 5.74) is 1.24. The molecule has 1 aromatic rings. The van der Waals surface area contributed by atoms with Crippen molar-refractivity contribution in [2.24, 2.45) is 0 Å². The van der Waals surface area contributed by atoms with Gasteiger partial charge >= 0.3 is 11.9 Å². The van der Waals surface area contributed by atoms with Gasteiger partial charge in [-0.2, -0.15) is 0 Å². The molecule has 0 saturated heterocycles. The van der Waals surface area contributed by atoms with Crippen LogP contribution in [0, 0.1) is 0 Å². The molecule has 0 radical (unpaired) electrons. The standard InChI is InChI=1S/C20H30O6/c1-6-8-9-10-12-14-17(24-3)15(19(21)22)13(11-7-2)16(18(14)25-4)20(23)26-5/h6-12H2,1-5H3,(H,21,22). The summed E-state index contributed by atoms with van der Waals surface area (Å²) in [5.74, 6) is -1.07. The molecule has 6 heteroatoms. The lowest BCUT2D eigenvalue weighted by atomic mass is 9.89. The van der Waals surface area contributed by atoms with Gasteiger partial charge in [0.2, 0.25) is 0 Å². The lowest BCUT2D eigenvalue weighted by Gasteiger charge is -2.22. The number of carboxylic acid groups (broad SMARTS) is 1. The molecule has 0 unspecified atom stereocenters. The van der Waals surface area contributed by atoms with E-state index in [0.717, 1.165) is 25.7 Å².